The van der Waals surface area contributed by atoms with E-state index < -0.39 is 0 Å². The van der Waals surface area contributed by atoms with Gasteiger partial charge in [0, 0.05) is 56.1 Å². The summed E-state index contributed by atoms with van der Waals surface area (Å²) < 4.78 is 20.0. The second kappa shape index (κ2) is 9.40. The van der Waals surface area contributed by atoms with Crippen molar-refractivity contribution in [2.75, 3.05) is 49.6 Å². The predicted molar refractivity (Wildman–Crippen MR) is 133 cm³/mol. The first kappa shape index (κ1) is 22.2. The Hall–Kier alpha value is -3.29. The summed E-state index contributed by atoms with van der Waals surface area (Å²) in [5.41, 5.74) is 4.45. The maximum Gasteiger partial charge on any atom is 0.228 e. The molecule has 0 spiro atoms. The van der Waals surface area contributed by atoms with Crippen LogP contribution in [0.5, 0.6) is 0 Å². The van der Waals surface area contributed by atoms with Crippen LogP contribution in [-0.4, -0.2) is 55.2 Å². The molecule has 1 aromatic heterocycles. The number of piperidine rings is 1. The largest absolute Gasteiger partial charge is 0.378 e. The number of rotatable bonds is 6. The van der Waals surface area contributed by atoms with Gasteiger partial charge in [-0.2, -0.15) is 0 Å². The van der Waals surface area contributed by atoms with Crippen LogP contribution in [0.3, 0.4) is 0 Å². The molecule has 2 aliphatic heterocycles. The van der Waals surface area contributed by atoms with Crippen molar-refractivity contribution >= 4 is 17.3 Å². The Kier molecular flexibility index (Phi) is 5.96. The maximum atomic E-state index is 14.7. The molecule has 3 aliphatic rings. The number of halogens is 1. The molecule has 1 N–H and O–H groups in total. The maximum absolute atomic E-state index is 14.7. The molecule has 3 aromatic rings. The summed E-state index contributed by atoms with van der Waals surface area (Å²) in [6, 6.07) is 19.5. The molecule has 1 aliphatic carbocycles. The van der Waals surface area contributed by atoms with Crippen molar-refractivity contribution in [2.45, 2.75) is 6.54 Å². The topological polar surface area (TPSA) is 57.7 Å². The molecule has 2 atom stereocenters. The zero-order valence-electron chi connectivity index (χ0n) is 19.6. The Morgan fingerprint density at radius 1 is 1.03 bits per heavy atom. The third-order valence-electron chi connectivity index (χ3n) is 7.46. The van der Waals surface area contributed by atoms with Crippen LogP contribution in [-0.2, 0) is 16.1 Å². The van der Waals surface area contributed by atoms with E-state index in [2.05, 4.69) is 39.5 Å². The third-order valence-corrected chi connectivity index (χ3v) is 7.46. The summed E-state index contributed by atoms with van der Waals surface area (Å²) in [4.78, 5) is 21.7. The molecule has 6 nitrogen and oxygen atoms in total. The van der Waals surface area contributed by atoms with Crippen LogP contribution in [0.15, 0.2) is 66.9 Å². The fourth-order valence-electron chi connectivity index (χ4n) is 5.58. The smallest absolute Gasteiger partial charge is 0.228 e. The van der Waals surface area contributed by atoms with Gasteiger partial charge in [0.05, 0.1) is 24.6 Å². The third kappa shape index (κ3) is 4.66. The number of ether oxygens (including phenoxy) is 1. The summed E-state index contributed by atoms with van der Waals surface area (Å²) in [6.45, 7) is 5.31. The Morgan fingerprint density at radius 2 is 1.80 bits per heavy atom. The van der Waals surface area contributed by atoms with E-state index >= 15 is 0 Å². The van der Waals surface area contributed by atoms with Gasteiger partial charge in [-0.25, -0.2) is 4.39 Å². The van der Waals surface area contributed by atoms with Gasteiger partial charge >= 0.3 is 0 Å². The van der Waals surface area contributed by atoms with Crippen molar-refractivity contribution in [2.24, 2.45) is 17.8 Å². The zero-order chi connectivity index (χ0) is 23.8. The average Bonchev–Trinajstić information content (AvgIpc) is 3.41. The molecule has 0 bridgehead atoms. The zero-order valence-corrected chi connectivity index (χ0v) is 19.6. The summed E-state index contributed by atoms with van der Waals surface area (Å²) >= 11 is 0. The van der Waals surface area contributed by atoms with Crippen molar-refractivity contribution < 1.29 is 13.9 Å². The molecule has 2 saturated heterocycles. The van der Waals surface area contributed by atoms with E-state index in [4.69, 9.17) is 4.74 Å². The number of pyridine rings is 1. The molecule has 7 heteroatoms. The number of benzene rings is 2. The molecule has 1 amide bonds. The first-order valence-electron chi connectivity index (χ1n) is 12.3. The highest BCUT2D eigenvalue weighted by Gasteiger charge is 2.59. The van der Waals surface area contributed by atoms with Crippen LogP contribution in [0, 0.1) is 23.6 Å². The minimum absolute atomic E-state index is 0.0119. The molecular weight excluding hydrogens is 443 g/mol. The van der Waals surface area contributed by atoms with Gasteiger partial charge in [0.15, 0.2) is 0 Å². The summed E-state index contributed by atoms with van der Waals surface area (Å²) in [5.74, 6) is 0.513. The Balaban J connectivity index is 1.00. The van der Waals surface area contributed by atoms with Crippen LogP contribution in [0.25, 0.3) is 11.3 Å². The number of hydrogen-bond donors (Lipinski definition) is 1. The number of anilines is 2. The van der Waals surface area contributed by atoms with Crippen molar-refractivity contribution in [3.05, 3.63) is 78.2 Å². The lowest BCUT2D eigenvalue weighted by Crippen LogP contribution is -2.36. The van der Waals surface area contributed by atoms with Crippen LogP contribution in [0.4, 0.5) is 15.8 Å². The predicted octanol–water partition coefficient (Wildman–Crippen LogP) is 4.04. The minimum Gasteiger partial charge on any atom is -0.378 e. The number of hydrogen-bond acceptors (Lipinski definition) is 5. The van der Waals surface area contributed by atoms with Gasteiger partial charge < -0.3 is 15.0 Å². The van der Waals surface area contributed by atoms with E-state index in [0.29, 0.717) is 49.5 Å². The molecule has 0 radical (unpaired) electrons. The number of carbonyl (C=O) groups is 1. The van der Waals surface area contributed by atoms with Crippen molar-refractivity contribution in [3.63, 3.8) is 0 Å². The lowest BCUT2D eigenvalue weighted by molar-refractivity contribution is -0.118. The molecule has 1 saturated carbocycles. The first-order chi connectivity index (χ1) is 17.2. The number of fused-ring (bicyclic) bond motifs is 1. The number of nitrogens with zero attached hydrogens (tertiary/aromatic N) is 3. The highest BCUT2D eigenvalue weighted by molar-refractivity contribution is 5.95. The lowest BCUT2D eigenvalue weighted by Gasteiger charge is -2.29. The van der Waals surface area contributed by atoms with E-state index in [9.17, 15) is 9.18 Å². The number of nitrogens with one attached hydrogen (secondary N) is 1. The Morgan fingerprint density at radius 3 is 2.49 bits per heavy atom. The fraction of sp³-hybridized carbons (Fsp3) is 0.357. The highest BCUT2D eigenvalue weighted by atomic mass is 19.1. The van der Waals surface area contributed by atoms with Gasteiger partial charge in [-0.05, 0) is 47.7 Å². The van der Waals surface area contributed by atoms with Crippen LogP contribution in [0.1, 0.15) is 5.56 Å². The molecular formula is C28H29FN4O2. The second-order valence-electron chi connectivity index (χ2n) is 9.71. The number of morpholine rings is 1. The van der Waals surface area contributed by atoms with Gasteiger partial charge in [0.2, 0.25) is 5.91 Å². The van der Waals surface area contributed by atoms with E-state index in [1.807, 2.05) is 29.3 Å². The highest BCUT2D eigenvalue weighted by Crippen LogP contribution is 2.52. The molecule has 3 heterocycles. The SMILES string of the molecule is O=C(Nc1ccc(N2CCOCC2)c(F)c1)C1C2CN(Cc3ccc(-c4ccccn4)cc3)CC21. The van der Waals surface area contributed by atoms with E-state index in [1.54, 1.807) is 12.1 Å². The quantitative estimate of drug-likeness (QED) is 0.587. The van der Waals surface area contributed by atoms with E-state index in [1.165, 1.54) is 11.6 Å². The molecule has 3 fully saturated rings. The van der Waals surface area contributed by atoms with Crippen LogP contribution < -0.4 is 10.2 Å². The number of likely N-dealkylation sites (tertiary alicyclic amines) is 1. The summed E-state index contributed by atoms with van der Waals surface area (Å²) in [5, 5.41) is 2.94. The molecule has 2 unspecified atom stereocenters. The van der Waals surface area contributed by atoms with Crippen molar-refractivity contribution in [1.82, 2.24) is 9.88 Å². The van der Waals surface area contributed by atoms with Gasteiger partial charge in [-0.3, -0.25) is 14.7 Å². The Labute approximate surface area is 204 Å². The second-order valence-corrected chi connectivity index (χ2v) is 9.71. The summed E-state index contributed by atoms with van der Waals surface area (Å²) in [6.07, 6.45) is 1.81. The average molecular weight is 473 g/mol. The first-order valence-corrected chi connectivity index (χ1v) is 12.3. The number of carbonyl (C=O) groups excluding carboxylic acids is 1. The van der Waals surface area contributed by atoms with Gasteiger partial charge in [0.1, 0.15) is 5.82 Å². The van der Waals surface area contributed by atoms with E-state index in [0.717, 1.165) is 30.9 Å². The molecule has 6 rings (SSSR count). The summed E-state index contributed by atoms with van der Waals surface area (Å²) in [7, 11) is 0. The van der Waals surface area contributed by atoms with Gasteiger partial charge in [-0.1, -0.05) is 30.3 Å². The van der Waals surface area contributed by atoms with Gasteiger partial charge in [0.25, 0.3) is 0 Å². The van der Waals surface area contributed by atoms with Crippen molar-refractivity contribution in [1.29, 1.82) is 0 Å². The van der Waals surface area contributed by atoms with Crippen LogP contribution in [0.2, 0.25) is 0 Å². The standard InChI is InChI=1S/C28H29FN4O2/c29-24-15-21(8-9-26(24)33-11-13-35-14-12-33)31-28(34)27-22-17-32(18-23(22)27)16-19-4-6-20(7-5-19)25-3-1-2-10-30-25/h1-10,15,22-23,27H,11-14,16-18H2,(H,31,34). The molecule has 180 valence electrons. The number of amides is 1. The monoisotopic (exact) mass is 472 g/mol. The van der Waals surface area contributed by atoms with Crippen molar-refractivity contribution in [3.8, 4) is 11.3 Å². The Bertz CT molecular complexity index is 1190. The van der Waals surface area contributed by atoms with E-state index in [-0.39, 0.29) is 17.6 Å². The lowest BCUT2D eigenvalue weighted by atomic mass is 10.1. The molecule has 2 aromatic carbocycles. The number of aromatic nitrogens is 1. The van der Waals surface area contributed by atoms with Gasteiger partial charge in [-0.15, -0.1) is 0 Å². The normalized spacial score (nSPS) is 23.7. The minimum atomic E-state index is -0.305. The molecule has 35 heavy (non-hydrogen) atoms. The van der Waals surface area contributed by atoms with Crippen LogP contribution >= 0.6 is 0 Å². The fourth-order valence-corrected chi connectivity index (χ4v) is 5.58.